The molecule has 6 heteroatoms. The normalized spacial score (nSPS) is 26.1. The van der Waals surface area contributed by atoms with Gasteiger partial charge in [0.1, 0.15) is 5.76 Å². The van der Waals surface area contributed by atoms with Gasteiger partial charge in [0.15, 0.2) is 0 Å². The molecule has 2 atom stereocenters. The second-order valence-electron chi connectivity index (χ2n) is 5.42. The number of nitrogens with one attached hydrogen (secondary N) is 2. The van der Waals surface area contributed by atoms with E-state index in [-0.39, 0.29) is 17.9 Å². The number of nitrogens with zero attached hydrogens (tertiary/aromatic N) is 1. The minimum absolute atomic E-state index is 0.0207. The van der Waals surface area contributed by atoms with Crippen molar-refractivity contribution < 1.29 is 14.0 Å². The van der Waals surface area contributed by atoms with Crippen molar-refractivity contribution in [3.63, 3.8) is 0 Å². The van der Waals surface area contributed by atoms with Gasteiger partial charge >= 0.3 is 0 Å². The zero-order valence-electron chi connectivity index (χ0n) is 11.3. The van der Waals surface area contributed by atoms with Crippen LogP contribution < -0.4 is 10.6 Å². The largest absolute Gasteiger partial charge is 0.467 e. The van der Waals surface area contributed by atoms with Crippen LogP contribution in [0.25, 0.3) is 0 Å². The predicted octanol–water partition coefficient (Wildman–Crippen LogP) is 0.249. The smallest absolute Gasteiger partial charge is 0.234 e. The van der Waals surface area contributed by atoms with Gasteiger partial charge < -0.3 is 15.1 Å². The average Bonchev–Trinajstić information content (AvgIpc) is 3.01. The second kappa shape index (κ2) is 5.66. The molecule has 2 aliphatic heterocycles. The Labute approximate surface area is 117 Å². The van der Waals surface area contributed by atoms with E-state index in [1.807, 2.05) is 6.07 Å². The Morgan fingerprint density at radius 3 is 3.10 bits per heavy atom. The molecule has 0 spiro atoms. The van der Waals surface area contributed by atoms with E-state index in [1.165, 1.54) is 0 Å². The first-order valence-corrected chi connectivity index (χ1v) is 7.04. The van der Waals surface area contributed by atoms with E-state index in [1.54, 1.807) is 12.3 Å². The summed E-state index contributed by atoms with van der Waals surface area (Å²) in [7, 11) is 0. The lowest BCUT2D eigenvalue weighted by Crippen LogP contribution is -2.44. The quantitative estimate of drug-likeness (QED) is 0.827. The number of fused-ring (bicyclic) bond motifs is 2. The predicted molar refractivity (Wildman–Crippen MR) is 71.7 cm³/mol. The Morgan fingerprint density at radius 1 is 1.45 bits per heavy atom. The fourth-order valence-electron chi connectivity index (χ4n) is 3.05. The van der Waals surface area contributed by atoms with Gasteiger partial charge in [-0.05, 0) is 25.0 Å². The minimum Gasteiger partial charge on any atom is -0.467 e. The van der Waals surface area contributed by atoms with Crippen LogP contribution in [0, 0.1) is 0 Å². The lowest BCUT2D eigenvalue weighted by atomic mass is 10.1. The first-order chi connectivity index (χ1) is 9.72. The molecule has 0 saturated carbocycles. The van der Waals surface area contributed by atoms with Crippen molar-refractivity contribution in [3.05, 3.63) is 24.2 Å². The van der Waals surface area contributed by atoms with Crippen LogP contribution in [-0.4, -0.2) is 41.9 Å². The molecule has 6 nitrogen and oxygen atoms in total. The first kappa shape index (κ1) is 13.2. The molecule has 0 aromatic carbocycles. The molecule has 3 heterocycles. The van der Waals surface area contributed by atoms with E-state index in [2.05, 4.69) is 15.5 Å². The Balaban J connectivity index is 1.54. The van der Waals surface area contributed by atoms with Crippen LogP contribution in [0.4, 0.5) is 0 Å². The van der Waals surface area contributed by atoms with Gasteiger partial charge in [0, 0.05) is 25.0 Å². The van der Waals surface area contributed by atoms with Crippen molar-refractivity contribution in [1.82, 2.24) is 15.5 Å². The van der Waals surface area contributed by atoms with E-state index in [4.69, 9.17) is 4.42 Å². The van der Waals surface area contributed by atoms with Gasteiger partial charge in [-0.1, -0.05) is 0 Å². The summed E-state index contributed by atoms with van der Waals surface area (Å²) in [6, 6.07) is 4.13. The summed E-state index contributed by atoms with van der Waals surface area (Å²) in [5.41, 5.74) is 0. The summed E-state index contributed by atoms with van der Waals surface area (Å²) in [4.78, 5) is 25.7. The molecule has 2 bridgehead atoms. The van der Waals surface area contributed by atoms with Crippen molar-refractivity contribution in [1.29, 1.82) is 0 Å². The van der Waals surface area contributed by atoms with Gasteiger partial charge in [0.25, 0.3) is 0 Å². The molecule has 2 amide bonds. The monoisotopic (exact) mass is 277 g/mol. The van der Waals surface area contributed by atoms with Crippen molar-refractivity contribution in [3.8, 4) is 0 Å². The molecule has 3 rings (SSSR count). The Bertz CT molecular complexity index is 486. The molecule has 1 aromatic heterocycles. The fourth-order valence-corrected chi connectivity index (χ4v) is 3.05. The van der Waals surface area contributed by atoms with Gasteiger partial charge in [-0.25, -0.2) is 0 Å². The highest BCUT2D eigenvalue weighted by atomic mass is 16.3. The highest BCUT2D eigenvalue weighted by Crippen LogP contribution is 2.27. The molecule has 2 fully saturated rings. The average molecular weight is 277 g/mol. The lowest BCUT2D eigenvalue weighted by Gasteiger charge is -2.26. The SMILES string of the molecule is O=C1C[C@H]2CC[C@@H](CN1)N2CC(=O)NCc1ccco1. The maximum absolute atomic E-state index is 12.0. The van der Waals surface area contributed by atoms with Crippen molar-refractivity contribution in [2.24, 2.45) is 0 Å². The molecule has 0 radical (unpaired) electrons. The molecule has 1 aromatic rings. The van der Waals surface area contributed by atoms with E-state index < -0.39 is 0 Å². The van der Waals surface area contributed by atoms with Crippen LogP contribution in [0.5, 0.6) is 0 Å². The summed E-state index contributed by atoms with van der Waals surface area (Å²) < 4.78 is 5.18. The first-order valence-electron chi connectivity index (χ1n) is 7.04. The van der Waals surface area contributed by atoms with E-state index >= 15 is 0 Å². The summed E-state index contributed by atoms with van der Waals surface area (Å²) >= 11 is 0. The van der Waals surface area contributed by atoms with Crippen LogP contribution in [0.15, 0.2) is 22.8 Å². The van der Waals surface area contributed by atoms with Crippen LogP contribution in [0.2, 0.25) is 0 Å². The molecule has 2 aliphatic rings. The molecule has 0 aliphatic carbocycles. The van der Waals surface area contributed by atoms with Gasteiger partial charge in [0.05, 0.1) is 19.4 Å². The van der Waals surface area contributed by atoms with E-state index in [0.717, 1.165) is 18.6 Å². The van der Waals surface area contributed by atoms with Gasteiger partial charge in [-0.15, -0.1) is 0 Å². The second-order valence-corrected chi connectivity index (χ2v) is 5.42. The summed E-state index contributed by atoms with van der Waals surface area (Å²) in [6.07, 6.45) is 4.15. The molecule has 20 heavy (non-hydrogen) atoms. The molecular formula is C14H19N3O3. The van der Waals surface area contributed by atoms with Gasteiger partial charge in [-0.3, -0.25) is 14.5 Å². The molecule has 0 unspecified atom stereocenters. The summed E-state index contributed by atoms with van der Waals surface area (Å²) in [6.45, 7) is 1.41. The van der Waals surface area contributed by atoms with Crippen LogP contribution >= 0.6 is 0 Å². The van der Waals surface area contributed by atoms with Gasteiger partial charge in [-0.2, -0.15) is 0 Å². The zero-order chi connectivity index (χ0) is 13.9. The maximum atomic E-state index is 12.0. The Morgan fingerprint density at radius 2 is 2.30 bits per heavy atom. The van der Waals surface area contributed by atoms with E-state index in [9.17, 15) is 9.59 Å². The number of hydrogen-bond acceptors (Lipinski definition) is 4. The number of carbonyl (C=O) groups excluding carboxylic acids is 2. The third-order valence-corrected chi connectivity index (χ3v) is 4.09. The van der Waals surface area contributed by atoms with Crippen molar-refractivity contribution >= 4 is 11.8 Å². The number of carbonyl (C=O) groups is 2. The molecule has 2 saturated heterocycles. The Kier molecular flexibility index (Phi) is 3.73. The minimum atomic E-state index is -0.0207. The number of amides is 2. The lowest BCUT2D eigenvalue weighted by molar-refractivity contribution is -0.124. The topological polar surface area (TPSA) is 74.6 Å². The van der Waals surface area contributed by atoms with Gasteiger partial charge in [0.2, 0.25) is 11.8 Å². The van der Waals surface area contributed by atoms with Crippen molar-refractivity contribution in [2.75, 3.05) is 13.1 Å². The third-order valence-electron chi connectivity index (χ3n) is 4.09. The fraction of sp³-hybridized carbons (Fsp3) is 0.571. The third kappa shape index (κ3) is 2.85. The van der Waals surface area contributed by atoms with E-state index in [0.29, 0.717) is 32.1 Å². The van der Waals surface area contributed by atoms with Crippen LogP contribution in [0.1, 0.15) is 25.0 Å². The highest BCUT2D eigenvalue weighted by Gasteiger charge is 2.38. The highest BCUT2D eigenvalue weighted by molar-refractivity contribution is 5.79. The molecule has 2 N–H and O–H groups in total. The summed E-state index contributed by atoms with van der Waals surface area (Å²) in [5.74, 6) is 0.819. The number of furan rings is 1. The number of rotatable bonds is 4. The van der Waals surface area contributed by atoms with Crippen molar-refractivity contribution in [2.45, 2.75) is 37.9 Å². The number of hydrogen-bond donors (Lipinski definition) is 2. The molecule has 108 valence electrons. The zero-order valence-corrected chi connectivity index (χ0v) is 11.3. The maximum Gasteiger partial charge on any atom is 0.234 e. The summed E-state index contributed by atoms with van der Waals surface area (Å²) in [5, 5.41) is 5.76. The Hall–Kier alpha value is -1.82. The van der Waals surface area contributed by atoms with Crippen LogP contribution in [-0.2, 0) is 16.1 Å². The van der Waals surface area contributed by atoms with Crippen LogP contribution in [0.3, 0.4) is 0 Å². The standard InChI is InChI=1S/C14H19N3O3/c18-13-6-10-3-4-11(7-15-13)17(10)9-14(19)16-8-12-2-1-5-20-12/h1-2,5,10-11H,3-4,6-9H2,(H,15,18)(H,16,19)/t10-,11+/m1/s1. The molecular weight excluding hydrogens is 258 g/mol.